The minimum absolute atomic E-state index is 0.697. The average Bonchev–Trinajstić information content (AvgIpc) is 2.52. The monoisotopic (exact) mass is 272 g/mol. The Hall–Kier alpha value is -1.96. The molecule has 0 N–H and O–H groups in total. The molecule has 0 spiro atoms. The van der Waals surface area contributed by atoms with Gasteiger partial charge < -0.3 is 9.47 Å². The van der Waals surface area contributed by atoms with Gasteiger partial charge in [0.1, 0.15) is 11.5 Å². The maximum atomic E-state index is 5.43. The summed E-state index contributed by atoms with van der Waals surface area (Å²) in [6.07, 6.45) is 0. The predicted octanol–water partition coefficient (Wildman–Crippen LogP) is 5.18. The summed E-state index contributed by atoms with van der Waals surface area (Å²) < 4.78 is 10.9. The molecule has 0 aliphatic carbocycles. The summed E-state index contributed by atoms with van der Waals surface area (Å²) in [5, 5.41) is 0. The summed E-state index contributed by atoms with van der Waals surface area (Å²) in [7, 11) is 0. The van der Waals surface area contributed by atoms with Crippen LogP contribution >= 0.6 is 0 Å². The van der Waals surface area contributed by atoms with Crippen molar-refractivity contribution in [1.82, 2.24) is 0 Å². The first kappa shape index (κ1) is 16.1. The molecule has 0 heterocycles. The van der Waals surface area contributed by atoms with E-state index in [1.54, 1.807) is 0 Å². The van der Waals surface area contributed by atoms with Crippen LogP contribution < -0.4 is 9.47 Å². The van der Waals surface area contributed by atoms with Crippen molar-refractivity contribution in [2.24, 2.45) is 0 Å². The molecule has 0 saturated carbocycles. The molecule has 0 radical (unpaired) electrons. The van der Waals surface area contributed by atoms with E-state index in [1.807, 2.05) is 52.0 Å². The third kappa shape index (κ3) is 4.61. The van der Waals surface area contributed by atoms with Gasteiger partial charge in [0.15, 0.2) is 0 Å². The maximum absolute atomic E-state index is 5.43. The van der Waals surface area contributed by atoms with E-state index in [0.29, 0.717) is 13.2 Å². The lowest BCUT2D eigenvalue weighted by atomic mass is 10.1. The molecule has 108 valence electrons. The van der Waals surface area contributed by atoms with Gasteiger partial charge in [0, 0.05) is 0 Å². The second-order valence-electron chi connectivity index (χ2n) is 3.91. The minimum Gasteiger partial charge on any atom is -0.494 e. The normalized spacial score (nSPS) is 9.40. The zero-order valence-corrected chi connectivity index (χ0v) is 12.8. The molecule has 0 saturated heterocycles. The summed E-state index contributed by atoms with van der Waals surface area (Å²) in [6.45, 7) is 9.37. The van der Waals surface area contributed by atoms with Crippen molar-refractivity contribution in [3.63, 3.8) is 0 Å². The van der Waals surface area contributed by atoms with Gasteiger partial charge in [-0.25, -0.2) is 0 Å². The van der Waals surface area contributed by atoms with Crippen LogP contribution in [0.3, 0.4) is 0 Å². The van der Waals surface area contributed by atoms with Crippen LogP contribution in [0.15, 0.2) is 48.5 Å². The molecule has 0 aliphatic rings. The van der Waals surface area contributed by atoms with E-state index in [2.05, 4.69) is 24.3 Å². The Kier molecular flexibility index (Phi) is 7.26. The third-order valence-corrected chi connectivity index (χ3v) is 2.66. The first-order valence-corrected chi connectivity index (χ1v) is 7.29. The van der Waals surface area contributed by atoms with E-state index in [-0.39, 0.29) is 0 Å². The van der Waals surface area contributed by atoms with Crippen molar-refractivity contribution in [2.45, 2.75) is 27.7 Å². The largest absolute Gasteiger partial charge is 0.494 e. The Morgan fingerprint density at radius 3 is 1.15 bits per heavy atom. The molecule has 0 amide bonds. The number of rotatable bonds is 5. The van der Waals surface area contributed by atoms with Gasteiger partial charge in [0.25, 0.3) is 0 Å². The lowest BCUT2D eigenvalue weighted by molar-refractivity contribution is 0.340. The molecule has 2 aromatic carbocycles. The molecule has 0 fully saturated rings. The Morgan fingerprint density at radius 2 is 0.900 bits per heavy atom. The van der Waals surface area contributed by atoms with E-state index >= 15 is 0 Å². The number of benzene rings is 2. The molecule has 2 rings (SSSR count). The fraction of sp³-hybridized carbons (Fsp3) is 0.333. The van der Waals surface area contributed by atoms with Crippen LogP contribution in [0, 0.1) is 0 Å². The van der Waals surface area contributed by atoms with Crippen molar-refractivity contribution >= 4 is 0 Å². The van der Waals surface area contributed by atoms with Gasteiger partial charge in [-0.3, -0.25) is 0 Å². The van der Waals surface area contributed by atoms with Gasteiger partial charge >= 0.3 is 0 Å². The molecular formula is C18H24O2. The van der Waals surface area contributed by atoms with Gasteiger partial charge in [0.05, 0.1) is 13.2 Å². The lowest BCUT2D eigenvalue weighted by Crippen LogP contribution is -1.91. The molecule has 2 nitrogen and oxygen atoms in total. The molecule has 2 aromatic rings. The van der Waals surface area contributed by atoms with E-state index in [0.717, 1.165) is 11.5 Å². The Bertz CT molecular complexity index is 424. The van der Waals surface area contributed by atoms with Gasteiger partial charge in [-0.1, -0.05) is 38.1 Å². The standard InChI is InChI=1S/C16H18O2.C2H6/c1-3-17-15-9-5-13(6-10-15)14-7-11-16(12-8-14)18-4-2;1-2/h5-12H,3-4H2,1-2H3;1-2H3. The quantitative estimate of drug-likeness (QED) is 0.747. The van der Waals surface area contributed by atoms with Gasteiger partial charge in [-0.05, 0) is 49.2 Å². The van der Waals surface area contributed by atoms with Crippen molar-refractivity contribution in [2.75, 3.05) is 13.2 Å². The number of hydrogen-bond donors (Lipinski definition) is 0. The summed E-state index contributed by atoms with van der Waals surface area (Å²) in [6, 6.07) is 16.3. The van der Waals surface area contributed by atoms with Crippen molar-refractivity contribution < 1.29 is 9.47 Å². The molecule has 0 bridgehead atoms. The smallest absolute Gasteiger partial charge is 0.119 e. The van der Waals surface area contributed by atoms with E-state index in [9.17, 15) is 0 Å². The summed E-state index contributed by atoms with van der Waals surface area (Å²) in [5.74, 6) is 1.82. The Labute approximate surface area is 122 Å². The number of ether oxygens (including phenoxy) is 2. The van der Waals surface area contributed by atoms with E-state index < -0.39 is 0 Å². The predicted molar refractivity (Wildman–Crippen MR) is 85.6 cm³/mol. The molecule has 0 atom stereocenters. The van der Waals surface area contributed by atoms with E-state index in [4.69, 9.17) is 9.47 Å². The highest BCUT2D eigenvalue weighted by Gasteiger charge is 1.99. The SMILES string of the molecule is CC.CCOc1ccc(-c2ccc(OCC)cc2)cc1. The second-order valence-corrected chi connectivity index (χ2v) is 3.91. The summed E-state index contributed by atoms with van der Waals surface area (Å²) in [4.78, 5) is 0. The Balaban J connectivity index is 0.000000956. The second kappa shape index (κ2) is 9.03. The van der Waals surface area contributed by atoms with Gasteiger partial charge in [-0.2, -0.15) is 0 Å². The van der Waals surface area contributed by atoms with Crippen LogP contribution in [0.2, 0.25) is 0 Å². The topological polar surface area (TPSA) is 18.5 Å². The Morgan fingerprint density at radius 1 is 0.600 bits per heavy atom. The molecule has 0 unspecified atom stereocenters. The van der Waals surface area contributed by atoms with Crippen LogP contribution in [0.25, 0.3) is 11.1 Å². The van der Waals surface area contributed by atoms with Gasteiger partial charge in [-0.15, -0.1) is 0 Å². The third-order valence-electron chi connectivity index (χ3n) is 2.66. The fourth-order valence-electron chi connectivity index (χ4n) is 1.82. The highest BCUT2D eigenvalue weighted by molar-refractivity contribution is 5.64. The molecular weight excluding hydrogens is 248 g/mol. The zero-order valence-electron chi connectivity index (χ0n) is 12.8. The van der Waals surface area contributed by atoms with Crippen LogP contribution in [0.4, 0.5) is 0 Å². The molecule has 0 aromatic heterocycles. The van der Waals surface area contributed by atoms with Crippen LogP contribution in [0.5, 0.6) is 11.5 Å². The molecule has 2 heteroatoms. The first-order valence-electron chi connectivity index (χ1n) is 7.29. The van der Waals surface area contributed by atoms with Crippen LogP contribution in [-0.2, 0) is 0 Å². The van der Waals surface area contributed by atoms with Crippen LogP contribution in [0.1, 0.15) is 27.7 Å². The number of hydrogen-bond acceptors (Lipinski definition) is 2. The lowest BCUT2D eigenvalue weighted by Gasteiger charge is -2.07. The van der Waals surface area contributed by atoms with Crippen molar-refractivity contribution in [3.05, 3.63) is 48.5 Å². The van der Waals surface area contributed by atoms with Crippen molar-refractivity contribution in [1.29, 1.82) is 0 Å². The van der Waals surface area contributed by atoms with Crippen molar-refractivity contribution in [3.8, 4) is 22.6 Å². The maximum Gasteiger partial charge on any atom is 0.119 e. The average molecular weight is 272 g/mol. The summed E-state index contributed by atoms with van der Waals surface area (Å²) >= 11 is 0. The highest BCUT2D eigenvalue weighted by Crippen LogP contribution is 2.24. The first-order chi connectivity index (χ1) is 9.83. The van der Waals surface area contributed by atoms with Crippen LogP contribution in [-0.4, -0.2) is 13.2 Å². The zero-order chi connectivity index (χ0) is 14.8. The summed E-state index contributed by atoms with van der Waals surface area (Å²) in [5.41, 5.74) is 2.36. The molecule has 20 heavy (non-hydrogen) atoms. The minimum atomic E-state index is 0.697. The highest BCUT2D eigenvalue weighted by atomic mass is 16.5. The van der Waals surface area contributed by atoms with Gasteiger partial charge in [0.2, 0.25) is 0 Å². The van der Waals surface area contributed by atoms with E-state index in [1.165, 1.54) is 11.1 Å². The molecule has 0 aliphatic heterocycles. The fourth-order valence-corrected chi connectivity index (χ4v) is 1.82.